The Kier molecular flexibility index (Phi) is 7.73. The van der Waals surface area contributed by atoms with Crippen molar-refractivity contribution in [2.75, 3.05) is 20.2 Å². The Balaban J connectivity index is 1.21. The number of hydrogen-bond donors (Lipinski definition) is 3. The van der Waals surface area contributed by atoms with Gasteiger partial charge in [-0.3, -0.25) is 24.0 Å². The molecule has 1 spiro atoms. The highest BCUT2D eigenvalue weighted by molar-refractivity contribution is 7.12. The minimum absolute atomic E-state index is 0.0155. The van der Waals surface area contributed by atoms with Gasteiger partial charge in [0.25, 0.3) is 11.8 Å². The van der Waals surface area contributed by atoms with Crippen LogP contribution in [0.3, 0.4) is 0 Å². The lowest BCUT2D eigenvalue weighted by atomic mass is 9.87. The molecule has 2 aromatic rings. The monoisotopic (exact) mass is 593 g/mol. The first-order valence-electron chi connectivity index (χ1n) is 14.6. The summed E-state index contributed by atoms with van der Waals surface area (Å²) in [5.74, 6) is -2.30. The number of benzene rings is 1. The first-order valence-corrected chi connectivity index (χ1v) is 15.5. The van der Waals surface area contributed by atoms with Crippen molar-refractivity contribution in [1.29, 1.82) is 0 Å². The molecule has 3 unspecified atom stereocenters. The number of rotatable bonds is 10. The van der Waals surface area contributed by atoms with Gasteiger partial charge in [0.2, 0.25) is 17.6 Å². The molecule has 2 aliphatic carbocycles. The van der Waals surface area contributed by atoms with E-state index in [4.69, 9.17) is 4.74 Å². The summed E-state index contributed by atoms with van der Waals surface area (Å²) >= 11 is 1.22. The van der Waals surface area contributed by atoms with Crippen molar-refractivity contribution in [3.05, 3.63) is 34.7 Å². The Morgan fingerprint density at radius 1 is 1.19 bits per heavy atom. The quantitative estimate of drug-likeness (QED) is 0.358. The Morgan fingerprint density at radius 2 is 2.00 bits per heavy atom. The highest BCUT2D eigenvalue weighted by Crippen LogP contribution is 2.55. The third kappa shape index (κ3) is 6.04. The maximum absolute atomic E-state index is 13.9. The fourth-order valence-corrected chi connectivity index (χ4v) is 6.73. The zero-order chi connectivity index (χ0) is 29.4. The highest BCUT2D eigenvalue weighted by Gasteiger charge is 2.51. The number of carbonyl (C=O) groups is 5. The second-order valence-corrected chi connectivity index (χ2v) is 12.8. The molecule has 4 aliphatic rings. The van der Waals surface area contributed by atoms with Gasteiger partial charge in [-0.1, -0.05) is 12.1 Å². The molecule has 4 amide bonds. The van der Waals surface area contributed by atoms with Gasteiger partial charge in [0.1, 0.15) is 11.8 Å². The molecule has 42 heavy (non-hydrogen) atoms. The number of aromatic nitrogens is 1. The van der Waals surface area contributed by atoms with E-state index in [0.717, 1.165) is 37.7 Å². The van der Waals surface area contributed by atoms with E-state index in [9.17, 15) is 24.0 Å². The molecule has 1 aromatic heterocycles. The van der Waals surface area contributed by atoms with Gasteiger partial charge in [-0.15, -0.1) is 11.3 Å². The Labute approximate surface area is 247 Å². The number of hydrogen-bond acceptors (Lipinski definition) is 8. The Bertz CT molecular complexity index is 1420. The van der Waals surface area contributed by atoms with Crippen LogP contribution in [0.5, 0.6) is 5.75 Å². The van der Waals surface area contributed by atoms with Crippen LogP contribution in [0.4, 0.5) is 0 Å². The summed E-state index contributed by atoms with van der Waals surface area (Å²) in [6.07, 6.45) is 5.46. The lowest BCUT2D eigenvalue weighted by molar-refractivity contribution is -0.141. The zero-order valence-electron chi connectivity index (χ0n) is 23.5. The van der Waals surface area contributed by atoms with Gasteiger partial charge >= 0.3 is 0 Å². The minimum Gasteiger partial charge on any atom is -0.497 e. The average molecular weight is 594 g/mol. The van der Waals surface area contributed by atoms with Crippen LogP contribution in [0.2, 0.25) is 0 Å². The molecule has 222 valence electrons. The van der Waals surface area contributed by atoms with Crippen molar-refractivity contribution in [3.8, 4) is 17.0 Å². The van der Waals surface area contributed by atoms with E-state index in [2.05, 4.69) is 20.9 Å². The number of piperidine rings is 1. The van der Waals surface area contributed by atoms with E-state index >= 15 is 0 Å². The molecular formula is C30H35N5O6S. The van der Waals surface area contributed by atoms with E-state index in [-0.39, 0.29) is 34.7 Å². The molecule has 12 heteroatoms. The van der Waals surface area contributed by atoms with Crippen molar-refractivity contribution in [2.24, 2.45) is 11.3 Å². The third-order valence-electron chi connectivity index (χ3n) is 8.91. The number of nitrogens with one attached hydrogen (secondary N) is 3. The van der Waals surface area contributed by atoms with Crippen LogP contribution in [-0.2, 0) is 19.2 Å². The van der Waals surface area contributed by atoms with Crippen molar-refractivity contribution in [2.45, 2.75) is 69.5 Å². The molecule has 3 N–H and O–H groups in total. The first-order chi connectivity index (χ1) is 20.2. The van der Waals surface area contributed by atoms with Crippen LogP contribution in [0, 0.1) is 11.3 Å². The average Bonchev–Trinajstić information content (AvgIpc) is 3.87. The van der Waals surface area contributed by atoms with Gasteiger partial charge < -0.3 is 25.6 Å². The molecule has 1 aromatic carbocycles. The van der Waals surface area contributed by atoms with Gasteiger partial charge in [0.05, 0.1) is 18.8 Å². The van der Waals surface area contributed by atoms with E-state index < -0.39 is 35.6 Å². The fraction of sp³-hybridized carbons (Fsp3) is 0.533. The summed E-state index contributed by atoms with van der Waals surface area (Å²) in [7, 11) is 1.59. The maximum Gasteiger partial charge on any atom is 0.289 e. The molecule has 3 heterocycles. The van der Waals surface area contributed by atoms with Crippen molar-refractivity contribution < 1.29 is 28.7 Å². The maximum atomic E-state index is 13.9. The SMILES string of the molecule is COc1cccc(-c2csc(C(=O)N3CCC4(CC4)CC3C(=O)NC(CC3CCNC3=O)C(=O)C(=O)NC3CC3)n2)c1. The first kappa shape index (κ1) is 28.3. The van der Waals surface area contributed by atoms with Crippen LogP contribution < -0.4 is 20.7 Å². The number of ketones is 1. The van der Waals surface area contributed by atoms with E-state index in [1.807, 2.05) is 29.6 Å². The van der Waals surface area contributed by atoms with Crippen molar-refractivity contribution >= 4 is 40.7 Å². The number of Topliss-reactive ketones (excluding diaryl/α,β-unsaturated/α-hetero) is 1. The molecule has 0 radical (unpaired) electrons. The van der Waals surface area contributed by atoms with Crippen molar-refractivity contribution in [1.82, 2.24) is 25.8 Å². The topological polar surface area (TPSA) is 147 Å². The summed E-state index contributed by atoms with van der Waals surface area (Å²) in [5, 5.41) is 10.3. The molecule has 4 fully saturated rings. The van der Waals surface area contributed by atoms with E-state index in [1.54, 1.807) is 12.0 Å². The second-order valence-electron chi connectivity index (χ2n) is 11.9. The van der Waals surface area contributed by atoms with Crippen LogP contribution in [-0.4, -0.2) is 77.6 Å². The minimum atomic E-state index is -1.15. The largest absolute Gasteiger partial charge is 0.497 e. The van der Waals surface area contributed by atoms with Gasteiger partial charge in [-0.25, -0.2) is 4.98 Å². The molecule has 11 nitrogen and oxygen atoms in total. The standard InChI is InChI=1S/C30H35N5O6S/c1-41-20-4-2-3-17(13-20)22-16-42-28(34-22)29(40)35-12-10-30(8-9-30)15-23(35)26(38)33-21(14-18-7-11-31-25(18)37)24(36)27(39)32-19-5-6-19/h2-4,13,16,18-19,21,23H,5-12,14-15H2,1H3,(H,31,37)(H,32,39)(H,33,38). The zero-order valence-corrected chi connectivity index (χ0v) is 24.3. The number of nitrogens with zero attached hydrogens (tertiary/aromatic N) is 2. The Hall–Kier alpha value is -3.80. The lowest BCUT2D eigenvalue weighted by Gasteiger charge is -2.39. The summed E-state index contributed by atoms with van der Waals surface area (Å²) in [6.45, 7) is 0.891. The number of thiazole rings is 1. The molecule has 2 saturated heterocycles. The van der Waals surface area contributed by atoms with Gasteiger partial charge in [0, 0.05) is 36.0 Å². The Morgan fingerprint density at radius 3 is 2.69 bits per heavy atom. The van der Waals surface area contributed by atoms with Crippen molar-refractivity contribution in [3.63, 3.8) is 0 Å². The van der Waals surface area contributed by atoms with Gasteiger partial charge in [-0.05, 0) is 68.9 Å². The number of methoxy groups -OCH3 is 1. The lowest BCUT2D eigenvalue weighted by Crippen LogP contribution is -2.58. The fourth-order valence-electron chi connectivity index (χ4n) is 5.95. The molecular weight excluding hydrogens is 558 g/mol. The molecule has 0 bridgehead atoms. The summed E-state index contributed by atoms with van der Waals surface area (Å²) in [4.78, 5) is 72.0. The molecule has 3 atom stereocenters. The van der Waals surface area contributed by atoms with E-state index in [0.29, 0.717) is 37.4 Å². The van der Waals surface area contributed by atoms with Crippen LogP contribution in [0.15, 0.2) is 29.6 Å². The normalized spacial score (nSPS) is 23.2. The summed E-state index contributed by atoms with van der Waals surface area (Å²) in [6, 6.07) is 5.44. The van der Waals surface area contributed by atoms with E-state index in [1.165, 1.54) is 11.3 Å². The van der Waals surface area contributed by atoms with Crippen LogP contribution >= 0.6 is 11.3 Å². The summed E-state index contributed by atoms with van der Waals surface area (Å²) < 4.78 is 5.31. The smallest absolute Gasteiger partial charge is 0.289 e. The predicted octanol–water partition coefficient (Wildman–Crippen LogP) is 2.06. The number of amides is 4. The third-order valence-corrected chi connectivity index (χ3v) is 9.74. The molecule has 2 aliphatic heterocycles. The molecule has 6 rings (SSSR count). The number of likely N-dealkylation sites (tertiary alicyclic amines) is 1. The van der Waals surface area contributed by atoms with Gasteiger partial charge in [0.15, 0.2) is 5.01 Å². The van der Waals surface area contributed by atoms with Crippen LogP contribution in [0.1, 0.15) is 61.2 Å². The second kappa shape index (κ2) is 11.5. The highest BCUT2D eigenvalue weighted by atomic mass is 32.1. The van der Waals surface area contributed by atoms with Crippen LogP contribution in [0.25, 0.3) is 11.3 Å². The molecule has 2 saturated carbocycles. The summed E-state index contributed by atoms with van der Waals surface area (Å²) in [5.41, 5.74) is 1.47. The number of ether oxygens (including phenoxy) is 1. The predicted molar refractivity (Wildman–Crippen MR) is 154 cm³/mol. The van der Waals surface area contributed by atoms with Gasteiger partial charge in [-0.2, -0.15) is 0 Å². The number of carbonyl (C=O) groups excluding carboxylic acids is 5.